The number of nitrogen functional groups attached to an aromatic ring is 1. The molecule has 0 radical (unpaired) electrons. The number of carbonyl (C=O) groups excluding carboxylic acids is 1. The summed E-state index contributed by atoms with van der Waals surface area (Å²) in [6, 6.07) is 4.98. The molecule has 1 aromatic carbocycles. The van der Waals surface area contributed by atoms with Crippen LogP contribution >= 0.6 is 0 Å². The fraction of sp³-hybridized carbons (Fsp3) is 0.500. The Morgan fingerprint density at radius 1 is 1.42 bits per heavy atom. The van der Waals surface area contributed by atoms with Crippen molar-refractivity contribution in [2.45, 2.75) is 25.9 Å². The normalized spacial score (nSPS) is 16.1. The van der Waals surface area contributed by atoms with Gasteiger partial charge >= 0.3 is 5.97 Å². The highest BCUT2D eigenvalue weighted by atomic mass is 16.5. The topological polar surface area (TPSA) is 70.8 Å². The molecule has 1 heterocycles. The van der Waals surface area contributed by atoms with Gasteiger partial charge < -0.3 is 19.9 Å². The van der Waals surface area contributed by atoms with E-state index < -0.39 is 0 Å². The summed E-state index contributed by atoms with van der Waals surface area (Å²) in [6.45, 7) is 3.47. The molecule has 0 atom stereocenters. The molecule has 0 saturated carbocycles. The number of nitrogens with two attached hydrogens (primary N) is 1. The Labute approximate surface area is 112 Å². The molecule has 0 bridgehead atoms. The molecular formula is C14H19NO4. The van der Waals surface area contributed by atoms with E-state index in [-0.39, 0.29) is 12.1 Å². The Kier molecular flexibility index (Phi) is 4.63. The van der Waals surface area contributed by atoms with Gasteiger partial charge in [-0.3, -0.25) is 0 Å². The van der Waals surface area contributed by atoms with Crippen LogP contribution in [0.1, 0.15) is 30.1 Å². The molecule has 1 aliphatic heterocycles. The van der Waals surface area contributed by atoms with Crippen LogP contribution in [-0.4, -0.2) is 31.9 Å². The summed E-state index contributed by atoms with van der Waals surface area (Å²) in [5.74, 6) is 0.106. The van der Waals surface area contributed by atoms with Crippen molar-refractivity contribution in [2.24, 2.45) is 0 Å². The monoisotopic (exact) mass is 265 g/mol. The quantitative estimate of drug-likeness (QED) is 0.666. The second-order valence-electron chi connectivity index (χ2n) is 4.41. The van der Waals surface area contributed by atoms with Gasteiger partial charge in [0, 0.05) is 24.6 Å². The molecule has 0 amide bonds. The highest BCUT2D eigenvalue weighted by molar-refractivity contribution is 5.93. The first-order valence-electron chi connectivity index (χ1n) is 6.51. The second-order valence-corrected chi connectivity index (χ2v) is 4.41. The predicted molar refractivity (Wildman–Crippen MR) is 71.3 cm³/mol. The van der Waals surface area contributed by atoms with Crippen LogP contribution in [-0.2, 0) is 9.47 Å². The zero-order valence-electron chi connectivity index (χ0n) is 11.1. The number of esters is 1. The molecule has 2 N–H and O–H groups in total. The Bertz CT molecular complexity index is 441. The zero-order chi connectivity index (χ0) is 13.7. The van der Waals surface area contributed by atoms with Gasteiger partial charge in [0.05, 0.1) is 19.8 Å². The van der Waals surface area contributed by atoms with Gasteiger partial charge in [0.15, 0.2) is 0 Å². The number of rotatable bonds is 4. The molecule has 5 heteroatoms. The molecule has 0 aliphatic carbocycles. The average Bonchev–Trinajstić information content (AvgIpc) is 2.40. The van der Waals surface area contributed by atoms with Gasteiger partial charge in [0.1, 0.15) is 17.4 Å². The SMILES string of the molecule is CCOC(=O)c1ccc(N)cc1OC1CCOCC1. The van der Waals surface area contributed by atoms with Crippen molar-refractivity contribution in [2.75, 3.05) is 25.6 Å². The largest absolute Gasteiger partial charge is 0.489 e. The first kappa shape index (κ1) is 13.7. The highest BCUT2D eigenvalue weighted by Crippen LogP contribution is 2.26. The number of carbonyl (C=O) groups is 1. The van der Waals surface area contributed by atoms with Gasteiger partial charge in [0.25, 0.3) is 0 Å². The molecule has 1 aromatic rings. The van der Waals surface area contributed by atoms with Crippen molar-refractivity contribution >= 4 is 11.7 Å². The first-order chi connectivity index (χ1) is 9.20. The number of benzene rings is 1. The Balaban J connectivity index is 2.16. The second kappa shape index (κ2) is 6.43. The molecule has 0 aromatic heterocycles. The van der Waals surface area contributed by atoms with Crippen LogP contribution in [0.15, 0.2) is 18.2 Å². The highest BCUT2D eigenvalue weighted by Gasteiger charge is 2.20. The van der Waals surface area contributed by atoms with E-state index in [2.05, 4.69) is 0 Å². The van der Waals surface area contributed by atoms with Crippen molar-refractivity contribution in [3.63, 3.8) is 0 Å². The van der Waals surface area contributed by atoms with Crippen LogP contribution in [0.2, 0.25) is 0 Å². The van der Waals surface area contributed by atoms with E-state index in [1.807, 2.05) is 0 Å². The number of hydrogen-bond acceptors (Lipinski definition) is 5. The van der Waals surface area contributed by atoms with Crippen LogP contribution in [0.3, 0.4) is 0 Å². The van der Waals surface area contributed by atoms with Crippen molar-refractivity contribution in [3.05, 3.63) is 23.8 Å². The van der Waals surface area contributed by atoms with Crippen LogP contribution < -0.4 is 10.5 Å². The summed E-state index contributed by atoms with van der Waals surface area (Å²) >= 11 is 0. The molecule has 1 saturated heterocycles. The van der Waals surface area contributed by atoms with Gasteiger partial charge in [-0.25, -0.2) is 4.79 Å². The maximum Gasteiger partial charge on any atom is 0.341 e. The summed E-state index contributed by atoms with van der Waals surface area (Å²) in [6.07, 6.45) is 1.69. The van der Waals surface area contributed by atoms with E-state index in [0.29, 0.717) is 36.8 Å². The molecule has 19 heavy (non-hydrogen) atoms. The summed E-state index contributed by atoms with van der Waals surface area (Å²) in [5.41, 5.74) is 6.73. The lowest BCUT2D eigenvalue weighted by molar-refractivity contribution is 0.0243. The van der Waals surface area contributed by atoms with Crippen LogP contribution in [0, 0.1) is 0 Å². The number of anilines is 1. The van der Waals surface area contributed by atoms with E-state index in [0.717, 1.165) is 12.8 Å². The third-order valence-corrected chi connectivity index (χ3v) is 2.96. The molecular weight excluding hydrogens is 246 g/mol. The van der Waals surface area contributed by atoms with Crippen molar-refractivity contribution in [1.29, 1.82) is 0 Å². The molecule has 0 unspecified atom stereocenters. The average molecular weight is 265 g/mol. The van der Waals surface area contributed by atoms with Crippen LogP contribution in [0.5, 0.6) is 5.75 Å². The lowest BCUT2D eigenvalue weighted by atomic mass is 10.1. The third-order valence-electron chi connectivity index (χ3n) is 2.96. The van der Waals surface area contributed by atoms with E-state index in [9.17, 15) is 4.79 Å². The lowest BCUT2D eigenvalue weighted by Gasteiger charge is -2.24. The minimum atomic E-state index is -0.385. The summed E-state index contributed by atoms with van der Waals surface area (Å²) < 4.78 is 16.2. The van der Waals surface area contributed by atoms with E-state index >= 15 is 0 Å². The standard InChI is InChI=1S/C14H19NO4/c1-2-18-14(16)12-4-3-10(15)9-13(12)19-11-5-7-17-8-6-11/h3-4,9,11H,2,5-8,15H2,1H3. The number of ether oxygens (including phenoxy) is 3. The van der Waals surface area contributed by atoms with Gasteiger partial charge in [-0.2, -0.15) is 0 Å². The van der Waals surface area contributed by atoms with Crippen LogP contribution in [0.25, 0.3) is 0 Å². The molecule has 104 valence electrons. The van der Waals surface area contributed by atoms with E-state index in [1.54, 1.807) is 25.1 Å². The molecule has 0 spiro atoms. The predicted octanol–water partition coefficient (Wildman–Crippen LogP) is 2.00. The van der Waals surface area contributed by atoms with Gasteiger partial charge in [-0.15, -0.1) is 0 Å². The van der Waals surface area contributed by atoms with Gasteiger partial charge in [-0.1, -0.05) is 0 Å². The summed E-state index contributed by atoms with van der Waals surface area (Å²) in [7, 11) is 0. The van der Waals surface area contributed by atoms with Crippen molar-refractivity contribution in [3.8, 4) is 5.75 Å². The Morgan fingerprint density at radius 2 is 2.16 bits per heavy atom. The zero-order valence-corrected chi connectivity index (χ0v) is 11.1. The van der Waals surface area contributed by atoms with Gasteiger partial charge in [-0.05, 0) is 19.1 Å². The van der Waals surface area contributed by atoms with Crippen molar-refractivity contribution < 1.29 is 19.0 Å². The van der Waals surface area contributed by atoms with Crippen LogP contribution in [0.4, 0.5) is 5.69 Å². The summed E-state index contributed by atoms with van der Waals surface area (Å²) in [4.78, 5) is 11.9. The molecule has 1 aliphatic rings. The minimum absolute atomic E-state index is 0.0590. The van der Waals surface area contributed by atoms with E-state index in [1.165, 1.54) is 0 Å². The molecule has 1 fully saturated rings. The molecule has 2 rings (SSSR count). The fourth-order valence-corrected chi connectivity index (χ4v) is 1.99. The summed E-state index contributed by atoms with van der Waals surface area (Å²) in [5, 5.41) is 0. The smallest absolute Gasteiger partial charge is 0.341 e. The van der Waals surface area contributed by atoms with Gasteiger partial charge in [0.2, 0.25) is 0 Å². The van der Waals surface area contributed by atoms with Crippen molar-refractivity contribution in [1.82, 2.24) is 0 Å². The third kappa shape index (κ3) is 3.61. The Hall–Kier alpha value is -1.75. The maximum absolute atomic E-state index is 11.9. The Morgan fingerprint density at radius 3 is 2.84 bits per heavy atom. The maximum atomic E-state index is 11.9. The van der Waals surface area contributed by atoms with E-state index in [4.69, 9.17) is 19.9 Å². The number of hydrogen-bond donors (Lipinski definition) is 1. The molecule has 5 nitrogen and oxygen atoms in total. The fourth-order valence-electron chi connectivity index (χ4n) is 1.99. The lowest BCUT2D eigenvalue weighted by Crippen LogP contribution is -2.26. The minimum Gasteiger partial charge on any atom is -0.489 e. The first-order valence-corrected chi connectivity index (χ1v) is 6.51.